The Bertz CT molecular complexity index is 941. The van der Waals surface area contributed by atoms with Gasteiger partial charge in [-0.25, -0.2) is 17.2 Å². The molecule has 2 fully saturated rings. The molecule has 0 spiro atoms. The van der Waals surface area contributed by atoms with Crippen molar-refractivity contribution >= 4 is 9.84 Å². The van der Waals surface area contributed by atoms with Crippen LogP contribution in [0.2, 0.25) is 0 Å². The maximum atomic E-state index is 14.5. The van der Waals surface area contributed by atoms with E-state index in [1.165, 1.54) is 36.4 Å². The first-order valence-electron chi connectivity index (χ1n) is 9.44. The van der Waals surface area contributed by atoms with Crippen molar-refractivity contribution in [3.63, 3.8) is 0 Å². The summed E-state index contributed by atoms with van der Waals surface area (Å²) in [5, 5.41) is 3.38. The second-order valence-corrected chi connectivity index (χ2v) is 9.91. The molecule has 1 N–H and O–H groups in total. The predicted molar refractivity (Wildman–Crippen MR) is 103 cm³/mol. The van der Waals surface area contributed by atoms with E-state index in [1.54, 1.807) is 0 Å². The zero-order valence-electron chi connectivity index (χ0n) is 15.6. The van der Waals surface area contributed by atoms with Gasteiger partial charge in [0.25, 0.3) is 0 Å². The van der Waals surface area contributed by atoms with Gasteiger partial charge in [-0.2, -0.15) is 0 Å². The maximum absolute atomic E-state index is 14.5. The first-order valence-corrected chi connectivity index (χ1v) is 11.3. The van der Waals surface area contributed by atoms with Gasteiger partial charge in [-0.05, 0) is 79.1 Å². The Morgan fingerprint density at radius 2 is 1.57 bits per heavy atom. The van der Waals surface area contributed by atoms with Gasteiger partial charge in [0.15, 0.2) is 27.2 Å². The molecule has 0 bridgehead atoms. The van der Waals surface area contributed by atoms with E-state index in [0.717, 1.165) is 32.2 Å². The number of benzene rings is 2. The largest absolute Gasteiger partial charge is 0.487 e. The van der Waals surface area contributed by atoms with Gasteiger partial charge in [-0.3, -0.25) is 0 Å². The van der Waals surface area contributed by atoms with E-state index in [0.29, 0.717) is 35.5 Å². The molecule has 1 saturated carbocycles. The molecule has 4 nitrogen and oxygen atoms in total. The van der Waals surface area contributed by atoms with Crippen LogP contribution in [-0.2, 0) is 9.84 Å². The quantitative estimate of drug-likeness (QED) is 0.822. The Balaban J connectivity index is 1.47. The third kappa shape index (κ3) is 3.91. The third-order valence-corrected chi connectivity index (χ3v) is 6.96. The number of halogens is 2. The zero-order chi connectivity index (χ0) is 19.9. The van der Waals surface area contributed by atoms with Gasteiger partial charge in [-0.15, -0.1) is 0 Å². The smallest absolute Gasteiger partial charge is 0.190 e. The molecule has 2 aromatic carbocycles. The Hall–Kier alpha value is -1.99. The minimum atomic E-state index is -3.32. The van der Waals surface area contributed by atoms with E-state index in [-0.39, 0.29) is 10.6 Å². The van der Waals surface area contributed by atoms with Crippen molar-refractivity contribution in [3.05, 3.63) is 48.0 Å². The van der Waals surface area contributed by atoms with Crippen LogP contribution in [-0.4, -0.2) is 34.4 Å². The van der Waals surface area contributed by atoms with Crippen LogP contribution in [0.25, 0.3) is 11.1 Å². The lowest BCUT2D eigenvalue weighted by molar-refractivity contribution is 0.225. The first kappa shape index (κ1) is 19.3. The molecule has 0 radical (unpaired) electrons. The topological polar surface area (TPSA) is 55.4 Å². The number of ether oxygens (including phenoxy) is 1. The summed E-state index contributed by atoms with van der Waals surface area (Å²) >= 11 is 0. The Labute approximate surface area is 163 Å². The molecule has 3 atom stereocenters. The molecule has 1 unspecified atom stereocenters. The lowest BCUT2D eigenvalue weighted by atomic mass is 10.0. The number of nitrogens with one attached hydrogen (secondary N) is 1. The summed E-state index contributed by atoms with van der Waals surface area (Å²) in [6, 6.07) is 8.38. The van der Waals surface area contributed by atoms with E-state index >= 15 is 0 Å². The first-order chi connectivity index (χ1) is 13.3. The molecular formula is C21H23F2NO3S. The van der Waals surface area contributed by atoms with E-state index in [4.69, 9.17) is 4.74 Å². The molecular weight excluding hydrogens is 384 g/mol. The highest BCUT2D eigenvalue weighted by molar-refractivity contribution is 7.90. The second kappa shape index (κ2) is 7.44. The van der Waals surface area contributed by atoms with Crippen LogP contribution in [0.3, 0.4) is 0 Å². The van der Waals surface area contributed by atoms with Crippen molar-refractivity contribution in [2.24, 2.45) is 17.8 Å². The minimum absolute atomic E-state index is 0.161. The van der Waals surface area contributed by atoms with Gasteiger partial charge in [-0.1, -0.05) is 12.1 Å². The fourth-order valence-corrected chi connectivity index (χ4v) is 5.02. The molecule has 7 heteroatoms. The summed E-state index contributed by atoms with van der Waals surface area (Å²) in [6.07, 6.45) is 3.18. The average Bonchev–Trinajstić information content (AvgIpc) is 3.22. The van der Waals surface area contributed by atoms with E-state index < -0.39 is 21.5 Å². The van der Waals surface area contributed by atoms with E-state index in [2.05, 4.69) is 5.32 Å². The third-order valence-electron chi connectivity index (χ3n) is 5.83. The highest BCUT2D eigenvalue weighted by Crippen LogP contribution is 2.39. The lowest BCUT2D eigenvalue weighted by Crippen LogP contribution is -2.16. The predicted octanol–water partition coefficient (Wildman–Crippen LogP) is 3.66. The molecule has 4 rings (SSSR count). The molecule has 2 aromatic rings. The minimum Gasteiger partial charge on any atom is -0.487 e. The van der Waals surface area contributed by atoms with Crippen LogP contribution >= 0.6 is 0 Å². The van der Waals surface area contributed by atoms with Gasteiger partial charge >= 0.3 is 0 Å². The fraction of sp³-hybridized carbons (Fsp3) is 0.429. The monoisotopic (exact) mass is 407 g/mol. The van der Waals surface area contributed by atoms with Crippen LogP contribution in [0.1, 0.15) is 12.8 Å². The van der Waals surface area contributed by atoms with E-state index in [1.807, 2.05) is 0 Å². The summed E-state index contributed by atoms with van der Waals surface area (Å²) in [7, 11) is -3.32. The number of fused-ring (bicyclic) bond motifs is 1. The zero-order valence-corrected chi connectivity index (χ0v) is 16.4. The van der Waals surface area contributed by atoms with Crippen molar-refractivity contribution in [3.8, 4) is 16.9 Å². The Kier molecular flexibility index (Phi) is 5.14. The van der Waals surface area contributed by atoms with Crippen molar-refractivity contribution in [2.45, 2.75) is 17.7 Å². The molecule has 0 amide bonds. The Morgan fingerprint density at radius 3 is 2.11 bits per heavy atom. The van der Waals surface area contributed by atoms with Crippen molar-refractivity contribution in [1.82, 2.24) is 5.32 Å². The lowest BCUT2D eigenvalue weighted by Gasteiger charge is -2.15. The summed E-state index contributed by atoms with van der Waals surface area (Å²) in [5.74, 6) is -0.198. The van der Waals surface area contributed by atoms with Crippen LogP contribution in [0.5, 0.6) is 5.75 Å². The molecule has 150 valence electrons. The fourth-order valence-electron chi connectivity index (χ4n) is 4.39. The normalized spacial score (nSPS) is 24.3. The number of hydrogen-bond donors (Lipinski definition) is 1. The molecule has 1 heterocycles. The standard InChI is InChI=1S/C21H23F2NO3S/c1-28(25,26)18-4-2-14(3-5-18)15-8-19(22)21(20(23)9-15)27-12-13-6-16-10-24-11-17(16)7-13/h2-5,8-9,13,16-17,24H,6-7,10-12H2,1H3/t13?,16-,17+. The van der Waals surface area contributed by atoms with Gasteiger partial charge in [0.05, 0.1) is 11.5 Å². The average molecular weight is 407 g/mol. The molecule has 28 heavy (non-hydrogen) atoms. The van der Waals surface area contributed by atoms with Crippen LogP contribution in [0.15, 0.2) is 41.3 Å². The molecule has 0 aromatic heterocycles. The summed E-state index contributed by atoms with van der Waals surface area (Å²) in [5.41, 5.74) is 0.872. The van der Waals surface area contributed by atoms with Crippen LogP contribution in [0.4, 0.5) is 8.78 Å². The summed E-state index contributed by atoms with van der Waals surface area (Å²) < 4.78 is 57.6. The molecule has 2 aliphatic rings. The number of hydrogen-bond acceptors (Lipinski definition) is 4. The molecule has 1 aliphatic carbocycles. The van der Waals surface area contributed by atoms with Crippen molar-refractivity contribution in [2.75, 3.05) is 26.0 Å². The van der Waals surface area contributed by atoms with Crippen molar-refractivity contribution < 1.29 is 21.9 Å². The Morgan fingerprint density at radius 1 is 1.00 bits per heavy atom. The van der Waals surface area contributed by atoms with Crippen LogP contribution in [0, 0.1) is 29.4 Å². The molecule has 1 saturated heterocycles. The second-order valence-electron chi connectivity index (χ2n) is 7.89. The van der Waals surface area contributed by atoms with Gasteiger partial charge in [0, 0.05) is 6.26 Å². The highest BCUT2D eigenvalue weighted by atomic mass is 32.2. The van der Waals surface area contributed by atoms with Gasteiger partial charge in [0.1, 0.15) is 0 Å². The molecule has 1 aliphatic heterocycles. The SMILES string of the molecule is CS(=O)(=O)c1ccc(-c2cc(F)c(OCC3C[C@H]4CNC[C@H]4C3)c(F)c2)cc1. The highest BCUT2D eigenvalue weighted by Gasteiger charge is 2.37. The van der Waals surface area contributed by atoms with Crippen molar-refractivity contribution in [1.29, 1.82) is 0 Å². The van der Waals surface area contributed by atoms with Gasteiger partial charge in [0.2, 0.25) is 0 Å². The summed E-state index contributed by atoms with van der Waals surface area (Å²) in [6.45, 7) is 2.37. The maximum Gasteiger partial charge on any atom is 0.190 e. The number of sulfone groups is 1. The van der Waals surface area contributed by atoms with E-state index in [9.17, 15) is 17.2 Å². The van der Waals surface area contributed by atoms with Crippen LogP contribution < -0.4 is 10.1 Å². The number of rotatable bonds is 5. The summed E-state index contributed by atoms with van der Waals surface area (Å²) in [4.78, 5) is 0.161. The van der Waals surface area contributed by atoms with Gasteiger partial charge < -0.3 is 10.1 Å².